The van der Waals surface area contributed by atoms with E-state index in [1.165, 1.54) is 12.8 Å². The molecule has 3 saturated heterocycles. The maximum absolute atomic E-state index is 6.62. The summed E-state index contributed by atoms with van der Waals surface area (Å²) in [5.41, 5.74) is 0. The van der Waals surface area contributed by atoms with Gasteiger partial charge in [-0.2, -0.15) is 0 Å². The lowest BCUT2D eigenvalue weighted by atomic mass is 9.94. The zero-order chi connectivity index (χ0) is 18.3. The fourth-order valence-corrected chi connectivity index (χ4v) is 5.52. The lowest BCUT2D eigenvalue weighted by Crippen LogP contribution is -2.56. The Morgan fingerprint density at radius 2 is 1.33 bits per heavy atom. The minimum atomic E-state index is -0.483. The summed E-state index contributed by atoms with van der Waals surface area (Å²) in [6.07, 6.45) is 11.0. The van der Waals surface area contributed by atoms with E-state index < -0.39 is 11.6 Å². The molecule has 0 aromatic carbocycles. The number of fused-ring (bicyclic) bond motifs is 3. The second-order valence-corrected chi connectivity index (χ2v) is 8.93. The Kier molecular flexibility index (Phi) is 5.24. The van der Waals surface area contributed by atoms with Gasteiger partial charge in [0, 0.05) is 32.3 Å². The summed E-state index contributed by atoms with van der Waals surface area (Å²) in [5.74, 6) is -0.941. The number of hydrogen-bond acceptors (Lipinski definition) is 6. The second kappa shape index (κ2) is 7.54. The highest BCUT2D eigenvalue weighted by Crippen LogP contribution is 2.50. The molecule has 0 bridgehead atoms. The average Bonchev–Trinajstić information content (AvgIpc) is 3.21. The van der Waals surface area contributed by atoms with Crippen LogP contribution in [-0.2, 0) is 28.4 Å². The Morgan fingerprint density at radius 1 is 0.741 bits per heavy atom. The van der Waals surface area contributed by atoms with E-state index in [0.717, 1.165) is 64.4 Å². The van der Waals surface area contributed by atoms with Crippen molar-refractivity contribution < 1.29 is 28.4 Å². The predicted molar refractivity (Wildman–Crippen MR) is 97.1 cm³/mol. The smallest absolute Gasteiger partial charge is 0.190 e. The molecule has 6 nitrogen and oxygen atoms in total. The molecule has 0 N–H and O–H groups in total. The van der Waals surface area contributed by atoms with E-state index in [-0.39, 0.29) is 30.7 Å². The molecule has 5 rings (SSSR count). The quantitative estimate of drug-likeness (QED) is 0.692. The Balaban J connectivity index is 1.36. The van der Waals surface area contributed by atoms with Gasteiger partial charge >= 0.3 is 0 Å². The number of hydrogen-bond donors (Lipinski definition) is 0. The van der Waals surface area contributed by atoms with Crippen LogP contribution >= 0.6 is 0 Å². The van der Waals surface area contributed by atoms with Gasteiger partial charge in [-0.25, -0.2) is 0 Å². The summed E-state index contributed by atoms with van der Waals surface area (Å²) in [7, 11) is 0. The van der Waals surface area contributed by atoms with E-state index in [9.17, 15) is 0 Å². The molecule has 5 fully saturated rings. The Morgan fingerprint density at radius 3 is 2.00 bits per heavy atom. The highest BCUT2D eigenvalue weighted by molar-refractivity contribution is 5.03. The van der Waals surface area contributed by atoms with Crippen LogP contribution in [0.5, 0.6) is 0 Å². The molecule has 5 aliphatic rings. The van der Waals surface area contributed by atoms with Crippen LogP contribution in [-0.4, -0.2) is 55.5 Å². The summed E-state index contributed by atoms with van der Waals surface area (Å²) in [4.78, 5) is 0. The average molecular weight is 382 g/mol. The molecule has 3 heterocycles. The van der Waals surface area contributed by atoms with Crippen LogP contribution in [0.1, 0.15) is 77.6 Å². The molecule has 27 heavy (non-hydrogen) atoms. The molecule has 0 aromatic rings. The van der Waals surface area contributed by atoms with E-state index in [2.05, 4.69) is 6.92 Å². The minimum Gasteiger partial charge on any atom is -0.379 e. The summed E-state index contributed by atoms with van der Waals surface area (Å²) < 4.78 is 38.3. The molecular formula is C21H34O6. The van der Waals surface area contributed by atoms with Gasteiger partial charge in [0.05, 0.1) is 6.61 Å². The highest BCUT2D eigenvalue weighted by Gasteiger charge is 2.63. The van der Waals surface area contributed by atoms with Crippen LogP contribution < -0.4 is 0 Å². The molecule has 5 unspecified atom stereocenters. The Bertz CT molecular complexity index is 513. The molecular weight excluding hydrogens is 348 g/mol. The maximum atomic E-state index is 6.62. The number of rotatable bonds is 4. The van der Waals surface area contributed by atoms with Crippen molar-refractivity contribution in [3.05, 3.63) is 0 Å². The Labute approximate surface area is 162 Å². The van der Waals surface area contributed by atoms with Gasteiger partial charge in [-0.15, -0.1) is 0 Å². The predicted octanol–water partition coefficient (Wildman–Crippen LogP) is 3.66. The molecule has 0 amide bonds. The summed E-state index contributed by atoms with van der Waals surface area (Å²) >= 11 is 0. The first-order valence-corrected chi connectivity index (χ1v) is 11.2. The van der Waals surface area contributed by atoms with Crippen molar-refractivity contribution in [2.45, 2.75) is 120 Å². The van der Waals surface area contributed by atoms with Gasteiger partial charge in [0.1, 0.15) is 24.4 Å². The molecule has 0 aromatic heterocycles. The summed E-state index contributed by atoms with van der Waals surface area (Å²) in [6.45, 7) is 3.38. The first-order valence-electron chi connectivity index (χ1n) is 11.2. The monoisotopic (exact) mass is 382 g/mol. The standard InChI is InChI=1S/C21H34O6/c1-2-13-22-14-15-16-17(25-20(24-16)9-5-3-6-10-20)18-19(23-15)27-21(26-18)11-7-4-8-12-21/h15-19H,2-14H2,1H3. The molecule has 2 spiro atoms. The first kappa shape index (κ1) is 18.8. The van der Waals surface area contributed by atoms with Gasteiger partial charge in [-0.1, -0.05) is 19.8 Å². The summed E-state index contributed by atoms with van der Waals surface area (Å²) in [5, 5.41) is 0. The van der Waals surface area contributed by atoms with Crippen molar-refractivity contribution in [2.75, 3.05) is 13.2 Å². The van der Waals surface area contributed by atoms with Crippen molar-refractivity contribution >= 4 is 0 Å². The van der Waals surface area contributed by atoms with Gasteiger partial charge in [0.25, 0.3) is 0 Å². The molecule has 2 saturated carbocycles. The third-order valence-corrected chi connectivity index (χ3v) is 6.84. The second-order valence-electron chi connectivity index (χ2n) is 8.93. The number of ether oxygens (including phenoxy) is 6. The van der Waals surface area contributed by atoms with Gasteiger partial charge in [0.2, 0.25) is 0 Å². The largest absolute Gasteiger partial charge is 0.379 e. The zero-order valence-electron chi connectivity index (χ0n) is 16.5. The fourth-order valence-electron chi connectivity index (χ4n) is 5.52. The summed E-state index contributed by atoms with van der Waals surface area (Å²) in [6, 6.07) is 0. The topological polar surface area (TPSA) is 55.4 Å². The van der Waals surface area contributed by atoms with Crippen LogP contribution in [0.25, 0.3) is 0 Å². The fraction of sp³-hybridized carbons (Fsp3) is 1.00. The van der Waals surface area contributed by atoms with Crippen LogP contribution in [0.4, 0.5) is 0 Å². The van der Waals surface area contributed by atoms with Crippen molar-refractivity contribution in [3.8, 4) is 0 Å². The van der Waals surface area contributed by atoms with E-state index in [0.29, 0.717) is 6.61 Å². The van der Waals surface area contributed by atoms with Gasteiger partial charge < -0.3 is 28.4 Å². The van der Waals surface area contributed by atoms with Crippen LogP contribution in [0.2, 0.25) is 0 Å². The van der Waals surface area contributed by atoms with Crippen molar-refractivity contribution in [1.29, 1.82) is 0 Å². The van der Waals surface area contributed by atoms with Crippen molar-refractivity contribution in [2.24, 2.45) is 0 Å². The van der Waals surface area contributed by atoms with Crippen LogP contribution in [0.3, 0.4) is 0 Å². The van der Waals surface area contributed by atoms with E-state index >= 15 is 0 Å². The third kappa shape index (κ3) is 3.47. The van der Waals surface area contributed by atoms with Crippen LogP contribution in [0.15, 0.2) is 0 Å². The van der Waals surface area contributed by atoms with Gasteiger partial charge in [-0.05, 0) is 32.1 Å². The van der Waals surface area contributed by atoms with Gasteiger partial charge in [0.15, 0.2) is 17.9 Å². The maximum Gasteiger partial charge on any atom is 0.190 e. The SMILES string of the molecule is CCCOCC1OC2OC3(CCCCC3)OC2C2OC3(CCCCC3)OC12. The molecule has 6 heteroatoms. The molecule has 0 radical (unpaired) electrons. The van der Waals surface area contributed by atoms with E-state index in [1.54, 1.807) is 0 Å². The van der Waals surface area contributed by atoms with E-state index in [1.807, 2.05) is 0 Å². The minimum absolute atomic E-state index is 0.127. The lowest BCUT2D eigenvalue weighted by molar-refractivity contribution is -0.256. The highest BCUT2D eigenvalue weighted by atomic mass is 16.9. The molecule has 154 valence electrons. The molecule has 5 atom stereocenters. The molecule has 2 aliphatic carbocycles. The first-order chi connectivity index (χ1) is 13.2. The van der Waals surface area contributed by atoms with Crippen LogP contribution in [0, 0.1) is 0 Å². The normalized spacial score (nSPS) is 42.3. The van der Waals surface area contributed by atoms with Crippen molar-refractivity contribution in [1.82, 2.24) is 0 Å². The third-order valence-electron chi connectivity index (χ3n) is 6.84. The van der Waals surface area contributed by atoms with Gasteiger partial charge in [-0.3, -0.25) is 0 Å². The van der Waals surface area contributed by atoms with Crippen molar-refractivity contribution in [3.63, 3.8) is 0 Å². The zero-order valence-corrected chi connectivity index (χ0v) is 16.5. The Hall–Kier alpha value is -0.240. The lowest BCUT2D eigenvalue weighted by Gasteiger charge is -2.37. The molecule has 3 aliphatic heterocycles. The van der Waals surface area contributed by atoms with E-state index in [4.69, 9.17) is 28.4 Å².